The number of benzene rings is 1. The van der Waals surface area contributed by atoms with Gasteiger partial charge in [-0.2, -0.15) is 0 Å². The number of hydrogen-bond acceptors (Lipinski definition) is 5. The van der Waals surface area contributed by atoms with Crippen LogP contribution in [-0.4, -0.2) is 15.9 Å². The van der Waals surface area contributed by atoms with E-state index in [4.69, 9.17) is 17.3 Å². The van der Waals surface area contributed by atoms with Crippen molar-refractivity contribution in [1.82, 2.24) is 15.3 Å². The SMILES string of the molecule is CCCC1(CCC)NC(=O)c2c(C)cc(Nc3ncnc(N)c3Cl)cc21. The number of nitrogens with zero attached hydrogens (tertiary/aromatic N) is 2. The van der Waals surface area contributed by atoms with Gasteiger partial charge >= 0.3 is 0 Å². The van der Waals surface area contributed by atoms with Crippen molar-refractivity contribution >= 4 is 34.8 Å². The molecular weight excluding hydrogens is 350 g/mol. The molecule has 4 N–H and O–H groups in total. The summed E-state index contributed by atoms with van der Waals surface area (Å²) >= 11 is 6.20. The average molecular weight is 374 g/mol. The largest absolute Gasteiger partial charge is 0.382 e. The predicted octanol–water partition coefficient (Wildman–Crippen LogP) is 4.30. The Hall–Kier alpha value is -2.34. The topological polar surface area (TPSA) is 92.9 Å². The molecule has 2 heterocycles. The van der Waals surface area contributed by atoms with Crippen molar-refractivity contribution in [2.75, 3.05) is 11.1 Å². The first-order valence-corrected chi connectivity index (χ1v) is 9.30. The molecule has 0 spiro atoms. The van der Waals surface area contributed by atoms with E-state index in [-0.39, 0.29) is 22.3 Å². The summed E-state index contributed by atoms with van der Waals surface area (Å²) in [6.07, 6.45) is 5.16. The van der Waals surface area contributed by atoms with Crippen LogP contribution in [-0.2, 0) is 5.54 Å². The minimum Gasteiger partial charge on any atom is -0.382 e. The fourth-order valence-corrected chi connectivity index (χ4v) is 4.01. The Kier molecular flexibility index (Phi) is 5.05. The van der Waals surface area contributed by atoms with Crippen LogP contribution >= 0.6 is 11.6 Å². The van der Waals surface area contributed by atoms with E-state index in [1.807, 2.05) is 19.1 Å². The van der Waals surface area contributed by atoms with Gasteiger partial charge in [0.05, 0.1) is 5.54 Å². The molecule has 0 saturated carbocycles. The lowest BCUT2D eigenvalue weighted by molar-refractivity contribution is 0.0920. The number of amides is 1. The number of carbonyl (C=O) groups excluding carboxylic acids is 1. The minimum absolute atomic E-state index is 0.00950. The summed E-state index contributed by atoms with van der Waals surface area (Å²) < 4.78 is 0. The summed E-state index contributed by atoms with van der Waals surface area (Å²) in [5.74, 6) is 0.688. The molecule has 0 saturated heterocycles. The van der Waals surface area contributed by atoms with E-state index in [2.05, 4.69) is 34.4 Å². The third kappa shape index (κ3) is 3.09. The van der Waals surface area contributed by atoms with E-state index < -0.39 is 0 Å². The summed E-state index contributed by atoms with van der Waals surface area (Å²) in [4.78, 5) is 20.7. The van der Waals surface area contributed by atoms with Gasteiger partial charge in [0.1, 0.15) is 17.2 Å². The smallest absolute Gasteiger partial charge is 0.252 e. The molecule has 138 valence electrons. The van der Waals surface area contributed by atoms with Crippen LogP contribution in [0.5, 0.6) is 0 Å². The fourth-order valence-electron chi connectivity index (χ4n) is 3.87. The van der Waals surface area contributed by atoms with Gasteiger partial charge in [0.2, 0.25) is 0 Å². The second kappa shape index (κ2) is 7.11. The molecule has 0 aliphatic carbocycles. The third-order valence-corrected chi connectivity index (χ3v) is 5.24. The van der Waals surface area contributed by atoms with Crippen molar-refractivity contribution in [3.05, 3.63) is 40.2 Å². The molecule has 1 amide bonds. The second-order valence-corrected chi connectivity index (χ2v) is 7.18. The number of anilines is 3. The number of rotatable bonds is 6. The molecule has 3 rings (SSSR count). The lowest BCUT2D eigenvalue weighted by Gasteiger charge is -2.30. The summed E-state index contributed by atoms with van der Waals surface area (Å²) in [5.41, 5.74) is 9.03. The van der Waals surface area contributed by atoms with E-state index in [0.29, 0.717) is 5.82 Å². The first-order valence-electron chi connectivity index (χ1n) is 8.92. The number of nitrogen functional groups attached to an aromatic ring is 1. The molecule has 26 heavy (non-hydrogen) atoms. The molecule has 1 aromatic carbocycles. The Labute approximate surface area is 158 Å². The van der Waals surface area contributed by atoms with Crippen molar-refractivity contribution < 1.29 is 4.79 Å². The van der Waals surface area contributed by atoms with Gasteiger partial charge in [-0.1, -0.05) is 38.3 Å². The van der Waals surface area contributed by atoms with Gasteiger partial charge in [0.25, 0.3) is 5.91 Å². The molecule has 0 fully saturated rings. The Morgan fingerprint density at radius 2 is 1.92 bits per heavy atom. The van der Waals surface area contributed by atoms with Crippen molar-refractivity contribution in [2.45, 2.75) is 52.0 Å². The summed E-state index contributed by atoms with van der Waals surface area (Å²) in [6, 6.07) is 3.96. The van der Waals surface area contributed by atoms with Crippen LogP contribution < -0.4 is 16.4 Å². The lowest BCUT2D eigenvalue weighted by atomic mass is 9.81. The summed E-state index contributed by atoms with van der Waals surface area (Å²) in [6.45, 7) is 6.23. The van der Waals surface area contributed by atoms with Crippen LogP contribution in [0.25, 0.3) is 0 Å². The number of nitrogens with two attached hydrogens (primary N) is 1. The standard InChI is InChI=1S/C19H24ClN5O/c1-4-6-19(7-5-2)13-9-12(8-11(3)14(13)18(26)25-19)24-17-15(20)16(21)22-10-23-17/h8-10H,4-7H2,1-3H3,(H,25,26)(H3,21,22,23,24). The molecule has 0 bridgehead atoms. The molecule has 6 nitrogen and oxygen atoms in total. The lowest BCUT2D eigenvalue weighted by Crippen LogP contribution is -2.39. The first-order chi connectivity index (χ1) is 12.4. The van der Waals surface area contributed by atoms with Gasteiger partial charge in [0, 0.05) is 11.3 Å². The van der Waals surface area contributed by atoms with Gasteiger partial charge in [-0.05, 0) is 43.0 Å². The van der Waals surface area contributed by atoms with Crippen molar-refractivity contribution in [3.63, 3.8) is 0 Å². The highest BCUT2D eigenvalue weighted by Gasteiger charge is 2.42. The molecule has 0 unspecified atom stereocenters. The predicted molar refractivity (Wildman–Crippen MR) is 105 cm³/mol. The van der Waals surface area contributed by atoms with E-state index in [9.17, 15) is 4.79 Å². The number of fused-ring (bicyclic) bond motifs is 1. The Balaban J connectivity index is 2.07. The molecule has 7 heteroatoms. The van der Waals surface area contributed by atoms with Crippen molar-refractivity contribution in [2.24, 2.45) is 0 Å². The highest BCUT2D eigenvalue weighted by Crippen LogP contribution is 2.42. The van der Waals surface area contributed by atoms with Gasteiger partial charge in [-0.15, -0.1) is 0 Å². The number of hydrogen-bond donors (Lipinski definition) is 3. The maximum absolute atomic E-state index is 12.6. The number of nitrogens with one attached hydrogen (secondary N) is 2. The van der Waals surface area contributed by atoms with E-state index in [0.717, 1.165) is 48.1 Å². The number of carbonyl (C=O) groups is 1. The zero-order valence-electron chi connectivity index (χ0n) is 15.3. The number of halogens is 1. The normalized spacial score (nSPS) is 14.8. The Morgan fingerprint density at radius 3 is 2.58 bits per heavy atom. The van der Waals surface area contributed by atoms with Crippen LogP contribution in [0.2, 0.25) is 5.02 Å². The quantitative estimate of drug-likeness (QED) is 0.701. The Morgan fingerprint density at radius 1 is 1.23 bits per heavy atom. The zero-order chi connectivity index (χ0) is 18.9. The van der Waals surface area contributed by atoms with Crippen LogP contribution in [0, 0.1) is 6.92 Å². The first kappa shape index (κ1) is 18.5. The molecule has 1 aliphatic heterocycles. The molecule has 0 atom stereocenters. The number of aryl methyl sites for hydroxylation is 1. The van der Waals surface area contributed by atoms with Gasteiger partial charge in [-0.25, -0.2) is 9.97 Å². The van der Waals surface area contributed by atoms with E-state index in [1.165, 1.54) is 6.33 Å². The number of aromatic nitrogens is 2. The molecule has 1 aromatic heterocycles. The minimum atomic E-state index is -0.313. The second-order valence-electron chi connectivity index (χ2n) is 6.80. The zero-order valence-corrected chi connectivity index (χ0v) is 16.1. The molecule has 2 aromatic rings. The third-order valence-electron chi connectivity index (χ3n) is 4.86. The highest BCUT2D eigenvalue weighted by molar-refractivity contribution is 6.35. The fraction of sp³-hybridized carbons (Fsp3) is 0.421. The van der Waals surface area contributed by atoms with Crippen LogP contribution in [0.4, 0.5) is 17.3 Å². The maximum atomic E-state index is 12.6. The summed E-state index contributed by atoms with van der Waals surface area (Å²) in [7, 11) is 0. The molecule has 0 radical (unpaired) electrons. The highest BCUT2D eigenvalue weighted by atomic mass is 35.5. The molecule has 1 aliphatic rings. The van der Waals surface area contributed by atoms with E-state index in [1.54, 1.807) is 0 Å². The van der Waals surface area contributed by atoms with Crippen LogP contribution in [0.1, 0.15) is 61.0 Å². The van der Waals surface area contributed by atoms with Crippen molar-refractivity contribution in [1.29, 1.82) is 0 Å². The van der Waals surface area contributed by atoms with Gasteiger partial charge in [-0.3, -0.25) is 4.79 Å². The average Bonchev–Trinajstić information content (AvgIpc) is 2.85. The monoisotopic (exact) mass is 373 g/mol. The van der Waals surface area contributed by atoms with E-state index >= 15 is 0 Å². The maximum Gasteiger partial charge on any atom is 0.252 e. The molecular formula is C19H24ClN5O. The van der Waals surface area contributed by atoms with Crippen LogP contribution in [0.15, 0.2) is 18.5 Å². The Bertz CT molecular complexity index is 846. The van der Waals surface area contributed by atoms with Gasteiger partial charge < -0.3 is 16.4 Å². The van der Waals surface area contributed by atoms with Crippen molar-refractivity contribution in [3.8, 4) is 0 Å². The van der Waals surface area contributed by atoms with Crippen LogP contribution in [0.3, 0.4) is 0 Å². The summed E-state index contributed by atoms with van der Waals surface area (Å²) in [5, 5.41) is 6.75. The van der Waals surface area contributed by atoms with Gasteiger partial charge in [0.15, 0.2) is 5.82 Å².